The Kier molecular flexibility index (Phi) is 5.18. The van der Waals surface area contributed by atoms with E-state index in [2.05, 4.69) is 32.8 Å². The van der Waals surface area contributed by atoms with Gasteiger partial charge in [0.1, 0.15) is 16.2 Å². The lowest BCUT2D eigenvalue weighted by Crippen LogP contribution is -2.22. The van der Waals surface area contributed by atoms with Crippen LogP contribution >= 0.6 is 23.1 Å². The van der Waals surface area contributed by atoms with Gasteiger partial charge < -0.3 is 5.32 Å². The SMILES string of the molecule is CC(Sc1ncnc2scc(-c3ccccc3)c12)C(=O)Nc1ccccc1. The standard InChI is InChI=1S/C21H17N3OS2/c1-14(19(25)24-16-10-6-3-7-11-16)27-21-18-17(15-8-4-2-5-9-15)12-26-20(18)22-13-23-21/h2-14H,1H3,(H,24,25). The molecule has 0 spiro atoms. The van der Waals surface area contributed by atoms with Crippen molar-refractivity contribution in [2.24, 2.45) is 0 Å². The van der Waals surface area contributed by atoms with Gasteiger partial charge >= 0.3 is 0 Å². The molecule has 1 unspecified atom stereocenters. The molecule has 27 heavy (non-hydrogen) atoms. The zero-order valence-corrected chi connectivity index (χ0v) is 16.3. The summed E-state index contributed by atoms with van der Waals surface area (Å²) >= 11 is 3.05. The molecule has 0 aliphatic rings. The first-order valence-corrected chi connectivity index (χ1v) is 10.3. The predicted molar refractivity (Wildman–Crippen MR) is 113 cm³/mol. The predicted octanol–water partition coefficient (Wildman–Crippen LogP) is 5.48. The molecule has 1 amide bonds. The fourth-order valence-electron chi connectivity index (χ4n) is 2.75. The molecule has 0 saturated carbocycles. The van der Waals surface area contributed by atoms with Gasteiger partial charge in [-0.3, -0.25) is 4.79 Å². The van der Waals surface area contributed by atoms with Crippen LogP contribution in [-0.2, 0) is 4.79 Å². The van der Waals surface area contributed by atoms with Crippen molar-refractivity contribution in [3.05, 3.63) is 72.4 Å². The number of hydrogen-bond donors (Lipinski definition) is 1. The molecule has 0 bridgehead atoms. The van der Waals surface area contributed by atoms with Gasteiger partial charge in [-0.05, 0) is 24.6 Å². The molecular weight excluding hydrogens is 374 g/mol. The number of amides is 1. The Morgan fingerprint density at radius 1 is 1.04 bits per heavy atom. The molecule has 0 aliphatic carbocycles. The molecule has 6 heteroatoms. The summed E-state index contributed by atoms with van der Waals surface area (Å²) in [5.74, 6) is -0.0468. The van der Waals surface area contributed by atoms with E-state index < -0.39 is 0 Å². The lowest BCUT2D eigenvalue weighted by atomic mass is 10.1. The van der Waals surface area contributed by atoms with Gasteiger partial charge in [0.05, 0.1) is 10.6 Å². The van der Waals surface area contributed by atoms with Crippen LogP contribution in [0, 0.1) is 0 Å². The van der Waals surface area contributed by atoms with Crippen molar-refractivity contribution in [1.29, 1.82) is 0 Å². The Morgan fingerprint density at radius 3 is 2.48 bits per heavy atom. The van der Waals surface area contributed by atoms with Crippen molar-refractivity contribution in [3.63, 3.8) is 0 Å². The van der Waals surface area contributed by atoms with E-state index >= 15 is 0 Å². The number of nitrogens with zero attached hydrogens (tertiary/aromatic N) is 2. The summed E-state index contributed by atoms with van der Waals surface area (Å²) in [6, 6.07) is 19.7. The van der Waals surface area contributed by atoms with E-state index in [0.29, 0.717) is 0 Å². The van der Waals surface area contributed by atoms with Gasteiger partial charge in [0.2, 0.25) is 5.91 Å². The fraction of sp³-hybridized carbons (Fsp3) is 0.0952. The molecular formula is C21H17N3OS2. The van der Waals surface area contributed by atoms with E-state index in [4.69, 9.17) is 0 Å². The molecule has 0 aliphatic heterocycles. The van der Waals surface area contributed by atoms with Gasteiger partial charge in [0.15, 0.2) is 0 Å². The Hall–Kier alpha value is -2.70. The molecule has 1 atom stereocenters. The number of anilines is 1. The van der Waals surface area contributed by atoms with Crippen molar-refractivity contribution in [3.8, 4) is 11.1 Å². The van der Waals surface area contributed by atoms with Crippen molar-refractivity contribution < 1.29 is 4.79 Å². The highest BCUT2D eigenvalue weighted by Gasteiger charge is 2.19. The van der Waals surface area contributed by atoms with Crippen molar-refractivity contribution in [2.45, 2.75) is 17.2 Å². The van der Waals surface area contributed by atoms with Crippen LogP contribution < -0.4 is 5.32 Å². The van der Waals surface area contributed by atoms with Gasteiger partial charge in [-0.25, -0.2) is 9.97 Å². The van der Waals surface area contributed by atoms with E-state index in [1.54, 1.807) is 17.7 Å². The quantitative estimate of drug-likeness (QED) is 0.362. The summed E-state index contributed by atoms with van der Waals surface area (Å²) in [6.45, 7) is 1.89. The van der Waals surface area contributed by atoms with Crippen LogP contribution in [0.25, 0.3) is 21.3 Å². The Morgan fingerprint density at radius 2 is 1.74 bits per heavy atom. The molecule has 1 N–H and O–H groups in total. The van der Waals surface area contributed by atoms with Crippen LogP contribution in [0.1, 0.15) is 6.92 Å². The molecule has 0 saturated heterocycles. The number of fused-ring (bicyclic) bond motifs is 1. The lowest BCUT2D eigenvalue weighted by molar-refractivity contribution is -0.115. The van der Waals surface area contributed by atoms with E-state index in [0.717, 1.165) is 32.1 Å². The lowest BCUT2D eigenvalue weighted by Gasteiger charge is -2.12. The number of nitrogens with one attached hydrogen (secondary N) is 1. The van der Waals surface area contributed by atoms with Crippen LogP contribution in [0.5, 0.6) is 0 Å². The number of rotatable bonds is 5. The van der Waals surface area contributed by atoms with Crippen LogP contribution in [0.4, 0.5) is 5.69 Å². The largest absolute Gasteiger partial charge is 0.325 e. The van der Waals surface area contributed by atoms with Gasteiger partial charge in [-0.2, -0.15) is 0 Å². The van der Waals surface area contributed by atoms with Crippen LogP contribution in [0.15, 0.2) is 77.4 Å². The second-order valence-corrected chi connectivity index (χ2v) is 8.18. The first kappa shape index (κ1) is 17.7. The van der Waals surface area contributed by atoms with Crippen LogP contribution in [0.3, 0.4) is 0 Å². The van der Waals surface area contributed by atoms with Gasteiger partial charge in [0, 0.05) is 16.6 Å². The molecule has 2 aromatic carbocycles. The Labute approximate surface area is 165 Å². The summed E-state index contributed by atoms with van der Waals surface area (Å²) in [6.07, 6.45) is 1.57. The fourth-order valence-corrected chi connectivity index (χ4v) is 4.67. The van der Waals surface area contributed by atoms with Crippen molar-refractivity contribution >= 4 is 44.9 Å². The van der Waals surface area contributed by atoms with Crippen LogP contribution in [-0.4, -0.2) is 21.1 Å². The van der Waals surface area contributed by atoms with E-state index in [1.807, 2.05) is 55.5 Å². The zero-order valence-electron chi connectivity index (χ0n) is 14.6. The molecule has 2 aromatic heterocycles. The summed E-state index contributed by atoms with van der Waals surface area (Å²) in [7, 11) is 0. The topological polar surface area (TPSA) is 54.9 Å². The second kappa shape index (κ2) is 7.90. The third-order valence-electron chi connectivity index (χ3n) is 4.12. The summed E-state index contributed by atoms with van der Waals surface area (Å²) in [5.41, 5.74) is 3.03. The van der Waals surface area contributed by atoms with E-state index in [1.165, 1.54) is 11.8 Å². The second-order valence-electron chi connectivity index (χ2n) is 5.99. The van der Waals surface area contributed by atoms with E-state index in [9.17, 15) is 4.79 Å². The molecule has 2 heterocycles. The molecule has 4 rings (SSSR count). The molecule has 4 aromatic rings. The normalized spacial score (nSPS) is 12.0. The highest BCUT2D eigenvalue weighted by atomic mass is 32.2. The van der Waals surface area contributed by atoms with Gasteiger partial charge in [-0.15, -0.1) is 11.3 Å². The number of para-hydroxylation sites is 1. The number of aromatic nitrogens is 2. The highest BCUT2D eigenvalue weighted by molar-refractivity contribution is 8.00. The Bertz CT molecular complexity index is 1060. The average Bonchev–Trinajstić information content (AvgIpc) is 3.14. The smallest absolute Gasteiger partial charge is 0.237 e. The maximum Gasteiger partial charge on any atom is 0.237 e. The molecule has 0 fully saturated rings. The monoisotopic (exact) mass is 391 g/mol. The minimum Gasteiger partial charge on any atom is -0.325 e. The minimum atomic E-state index is -0.285. The minimum absolute atomic E-state index is 0.0468. The number of carbonyl (C=O) groups excluding carboxylic acids is 1. The summed E-state index contributed by atoms with van der Waals surface area (Å²) < 4.78 is 0. The number of thiophene rings is 1. The molecule has 134 valence electrons. The number of carbonyl (C=O) groups is 1. The first-order chi connectivity index (χ1) is 13.2. The molecule has 0 radical (unpaired) electrons. The van der Waals surface area contributed by atoms with Gasteiger partial charge in [0.25, 0.3) is 0 Å². The Balaban J connectivity index is 1.62. The third-order valence-corrected chi connectivity index (χ3v) is 6.11. The third kappa shape index (κ3) is 3.86. The first-order valence-electron chi connectivity index (χ1n) is 8.52. The average molecular weight is 392 g/mol. The highest BCUT2D eigenvalue weighted by Crippen LogP contribution is 2.38. The summed E-state index contributed by atoms with van der Waals surface area (Å²) in [5, 5.41) is 6.61. The number of thioether (sulfide) groups is 1. The number of hydrogen-bond acceptors (Lipinski definition) is 5. The van der Waals surface area contributed by atoms with Crippen LogP contribution in [0.2, 0.25) is 0 Å². The molecule has 4 nitrogen and oxygen atoms in total. The van der Waals surface area contributed by atoms with Crippen molar-refractivity contribution in [2.75, 3.05) is 5.32 Å². The summed E-state index contributed by atoms with van der Waals surface area (Å²) in [4.78, 5) is 22.4. The van der Waals surface area contributed by atoms with Gasteiger partial charge in [-0.1, -0.05) is 60.3 Å². The van der Waals surface area contributed by atoms with E-state index in [-0.39, 0.29) is 11.2 Å². The zero-order chi connectivity index (χ0) is 18.6. The van der Waals surface area contributed by atoms with Crippen molar-refractivity contribution in [1.82, 2.24) is 9.97 Å². The number of benzene rings is 2. The maximum absolute atomic E-state index is 12.6. The maximum atomic E-state index is 12.6.